The molecule has 0 aliphatic heterocycles. The summed E-state index contributed by atoms with van der Waals surface area (Å²) in [6, 6.07) is 15.6. The van der Waals surface area contributed by atoms with Crippen molar-refractivity contribution < 1.29 is 9.90 Å². The summed E-state index contributed by atoms with van der Waals surface area (Å²) in [6.45, 7) is 0. The fourth-order valence-corrected chi connectivity index (χ4v) is 1.39. The van der Waals surface area contributed by atoms with Crippen LogP contribution in [-0.4, -0.2) is 40.6 Å². The number of benzene rings is 2. The summed E-state index contributed by atoms with van der Waals surface area (Å²) in [7, 11) is 0. The van der Waals surface area contributed by atoms with Crippen LogP contribution < -0.4 is 5.32 Å². The molecule has 4 heteroatoms. The number of phenols is 1. The average Bonchev–Trinajstić information content (AvgIpc) is 2.31. The van der Waals surface area contributed by atoms with E-state index in [1.807, 2.05) is 18.2 Å². The molecule has 1 amide bonds. The predicted octanol–water partition coefficient (Wildman–Crippen LogP) is 2.00. The van der Waals surface area contributed by atoms with E-state index in [1.54, 1.807) is 30.3 Å². The van der Waals surface area contributed by atoms with Crippen molar-refractivity contribution >= 4 is 41.2 Å². The van der Waals surface area contributed by atoms with Gasteiger partial charge in [-0.1, -0.05) is 30.3 Å². The van der Waals surface area contributed by atoms with Crippen molar-refractivity contribution in [2.45, 2.75) is 0 Å². The van der Waals surface area contributed by atoms with Crippen LogP contribution in [0.3, 0.4) is 0 Å². The van der Waals surface area contributed by atoms with E-state index in [-0.39, 0.29) is 46.8 Å². The molecule has 82 valence electrons. The second kappa shape index (κ2) is 6.45. The van der Waals surface area contributed by atoms with Crippen LogP contribution in [0, 0.1) is 0 Å². The van der Waals surface area contributed by atoms with E-state index in [2.05, 4.69) is 5.32 Å². The first-order chi connectivity index (χ1) is 7.77. The maximum atomic E-state index is 11.8. The van der Waals surface area contributed by atoms with Gasteiger partial charge in [-0.05, 0) is 24.3 Å². The van der Waals surface area contributed by atoms with Gasteiger partial charge in [-0.3, -0.25) is 4.79 Å². The fourth-order valence-electron chi connectivity index (χ4n) is 1.39. The standard InChI is InChI=1S/C13H11NO2.Na.H/c15-12-9-5-4-8-11(12)13(16)14-10-6-2-1-3-7-10;;/h1-9,15H,(H,14,16);;. The van der Waals surface area contributed by atoms with E-state index < -0.39 is 0 Å². The summed E-state index contributed by atoms with van der Waals surface area (Å²) in [4.78, 5) is 11.8. The third-order valence-electron chi connectivity index (χ3n) is 2.18. The Morgan fingerprint density at radius 3 is 2.18 bits per heavy atom. The SMILES string of the molecule is O=C(Nc1ccccc1)c1ccccc1O.[NaH]. The molecule has 2 aromatic carbocycles. The summed E-state index contributed by atoms with van der Waals surface area (Å²) < 4.78 is 0. The van der Waals surface area contributed by atoms with E-state index in [0.29, 0.717) is 5.69 Å². The molecule has 2 rings (SSSR count). The Hall–Kier alpha value is -1.29. The minimum absolute atomic E-state index is 0. The first kappa shape index (κ1) is 13.8. The van der Waals surface area contributed by atoms with Crippen LogP contribution in [0.5, 0.6) is 5.75 Å². The van der Waals surface area contributed by atoms with Crippen LogP contribution in [0.2, 0.25) is 0 Å². The quantitative estimate of drug-likeness (QED) is 0.785. The van der Waals surface area contributed by atoms with Gasteiger partial charge in [0.25, 0.3) is 5.91 Å². The molecule has 0 saturated heterocycles. The number of aromatic hydroxyl groups is 1. The molecular formula is C13H12NNaO2. The average molecular weight is 237 g/mol. The molecule has 0 saturated carbocycles. The molecule has 2 aromatic rings. The monoisotopic (exact) mass is 237 g/mol. The second-order valence-corrected chi connectivity index (χ2v) is 3.34. The molecule has 2 N–H and O–H groups in total. The van der Waals surface area contributed by atoms with E-state index in [9.17, 15) is 9.90 Å². The Labute approximate surface area is 122 Å². The van der Waals surface area contributed by atoms with E-state index >= 15 is 0 Å². The topological polar surface area (TPSA) is 49.3 Å². The van der Waals surface area contributed by atoms with Crippen LogP contribution in [0.25, 0.3) is 0 Å². The van der Waals surface area contributed by atoms with Gasteiger partial charge in [0.1, 0.15) is 5.75 Å². The zero-order valence-corrected chi connectivity index (χ0v) is 8.55. The van der Waals surface area contributed by atoms with Crippen molar-refractivity contribution in [2.24, 2.45) is 0 Å². The number of para-hydroxylation sites is 2. The molecule has 0 spiro atoms. The van der Waals surface area contributed by atoms with Gasteiger partial charge in [-0.25, -0.2) is 0 Å². The molecule has 3 nitrogen and oxygen atoms in total. The molecule has 0 aliphatic rings. The molecule has 17 heavy (non-hydrogen) atoms. The molecule has 0 heterocycles. The van der Waals surface area contributed by atoms with E-state index in [0.717, 1.165) is 0 Å². The molecule has 0 radical (unpaired) electrons. The molecular weight excluding hydrogens is 225 g/mol. The molecule has 0 aliphatic carbocycles. The maximum absolute atomic E-state index is 11.8. The summed E-state index contributed by atoms with van der Waals surface area (Å²) in [5, 5.41) is 12.2. The summed E-state index contributed by atoms with van der Waals surface area (Å²) in [6.07, 6.45) is 0. The molecule has 0 unspecified atom stereocenters. The van der Waals surface area contributed by atoms with Gasteiger partial charge in [-0.15, -0.1) is 0 Å². The van der Waals surface area contributed by atoms with Gasteiger partial charge in [-0.2, -0.15) is 0 Å². The van der Waals surface area contributed by atoms with Gasteiger partial charge in [0, 0.05) is 5.69 Å². The van der Waals surface area contributed by atoms with Crippen molar-refractivity contribution in [3.8, 4) is 5.75 Å². The first-order valence-electron chi connectivity index (χ1n) is 4.92. The third-order valence-corrected chi connectivity index (χ3v) is 2.18. The van der Waals surface area contributed by atoms with Crippen LogP contribution in [-0.2, 0) is 0 Å². The number of amides is 1. The summed E-state index contributed by atoms with van der Waals surface area (Å²) in [5.74, 6) is -0.333. The van der Waals surface area contributed by atoms with Gasteiger partial charge in [0.05, 0.1) is 5.56 Å². The Morgan fingerprint density at radius 2 is 1.53 bits per heavy atom. The number of carbonyl (C=O) groups is 1. The van der Waals surface area contributed by atoms with Crippen molar-refractivity contribution in [2.75, 3.05) is 5.32 Å². The number of nitrogens with one attached hydrogen (secondary N) is 1. The molecule has 0 fully saturated rings. The zero-order valence-electron chi connectivity index (χ0n) is 8.55. The summed E-state index contributed by atoms with van der Waals surface area (Å²) >= 11 is 0. The predicted molar refractivity (Wildman–Crippen MR) is 69.7 cm³/mol. The first-order valence-corrected chi connectivity index (χ1v) is 4.92. The van der Waals surface area contributed by atoms with Crippen molar-refractivity contribution in [3.05, 3.63) is 60.2 Å². The zero-order chi connectivity index (χ0) is 11.4. The van der Waals surface area contributed by atoms with Gasteiger partial charge in [0.2, 0.25) is 0 Å². The van der Waals surface area contributed by atoms with Crippen LogP contribution in [0.4, 0.5) is 5.69 Å². The van der Waals surface area contributed by atoms with E-state index in [1.165, 1.54) is 6.07 Å². The van der Waals surface area contributed by atoms with E-state index in [4.69, 9.17) is 0 Å². The number of carbonyl (C=O) groups excluding carboxylic acids is 1. The van der Waals surface area contributed by atoms with Crippen LogP contribution in [0.15, 0.2) is 54.6 Å². The summed E-state index contributed by atoms with van der Waals surface area (Å²) in [5.41, 5.74) is 0.974. The number of hydrogen-bond donors (Lipinski definition) is 2. The van der Waals surface area contributed by atoms with Crippen molar-refractivity contribution in [1.82, 2.24) is 0 Å². The number of rotatable bonds is 2. The Bertz CT molecular complexity index is 500. The van der Waals surface area contributed by atoms with Gasteiger partial charge >= 0.3 is 29.6 Å². The molecule has 0 atom stereocenters. The Kier molecular flexibility index (Phi) is 5.22. The third kappa shape index (κ3) is 3.60. The van der Waals surface area contributed by atoms with Gasteiger partial charge in [0.15, 0.2) is 0 Å². The van der Waals surface area contributed by atoms with Crippen molar-refractivity contribution in [1.29, 1.82) is 0 Å². The number of phenolic OH excluding ortho intramolecular Hbond substituents is 1. The van der Waals surface area contributed by atoms with Crippen LogP contribution >= 0.6 is 0 Å². The molecule has 0 bridgehead atoms. The minimum atomic E-state index is -0.315. The Balaban J connectivity index is 0.00000144. The Morgan fingerprint density at radius 1 is 0.941 bits per heavy atom. The van der Waals surface area contributed by atoms with Gasteiger partial charge < -0.3 is 10.4 Å². The van der Waals surface area contributed by atoms with Crippen molar-refractivity contribution in [3.63, 3.8) is 0 Å². The van der Waals surface area contributed by atoms with Crippen LogP contribution in [0.1, 0.15) is 10.4 Å². The number of hydrogen-bond acceptors (Lipinski definition) is 2. The molecule has 0 aromatic heterocycles. The number of anilines is 1. The fraction of sp³-hybridized carbons (Fsp3) is 0. The normalized spacial score (nSPS) is 9.18. The second-order valence-electron chi connectivity index (χ2n) is 3.34.